The largest absolute Gasteiger partial charge is 0.496 e. The Morgan fingerprint density at radius 1 is 1.08 bits per heavy atom. The van der Waals surface area contributed by atoms with Crippen LogP contribution in [0.25, 0.3) is 0 Å². The summed E-state index contributed by atoms with van der Waals surface area (Å²) in [6.07, 6.45) is 12.8. The van der Waals surface area contributed by atoms with Gasteiger partial charge in [-0.2, -0.15) is 0 Å². The topological polar surface area (TPSA) is 38.3 Å². The number of carbonyl (C=O) groups is 1. The van der Waals surface area contributed by atoms with E-state index in [0.29, 0.717) is 16.3 Å². The van der Waals surface area contributed by atoms with Crippen molar-refractivity contribution in [2.45, 2.75) is 84.1 Å². The summed E-state index contributed by atoms with van der Waals surface area (Å²) in [6, 6.07) is 5.26. The van der Waals surface area contributed by atoms with Gasteiger partial charge >= 0.3 is 0 Å². The van der Waals surface area contributed by atoms with Gasteiger partial charge in [-0.1, -0.05) is 76.3 Å². The fraction of sp³-hybridized carbons (Fsp3) is 0.667. The molecule has 142 valence electrons. The molecular formula is C21H34ClNO2. The molecule has 0 aliphatic carbocycles. The number of unbranched alkanes of at least 4 members (excludes halogenated alkanes) is 8. The van der Waals surface area contributed by atoms with Gasteiger partial charge in [0.05, 0.1) is 12.7 Å². The van der Waals surface area contributed by atoms with E-state index < -0.39 is 0 Å². The lowest BCUT2D eigenvalue weighted by Crippen LogP contribution is -2.32. The van der Waals surface area contributed by atoms with E-state index in [1.807, 2.05) is 0 Å². The van der Waals surface area contributed by atoms with Crippen molar-refractivity contribution < 1.29 is 9.53 Å². The first-order valence-electron chi connectivity index (χ1n) is 9.72. The van der Waals surface area contributed by atoms with E-state index in [0.717, 1.165) is 12.8 Å². The molecule has 0 aliphatic heterocycles. The average molecular weight is 368 g/mol. The Kier molecular flexibility index (Phi) is 11.4. The third kappa shape index (κ3) is 9.15. The van der Waals surface area contributed by atoms with Crippen molar-refractivity contribution in [3.8, 4) is 5.75 Å². The molecule has 0 spiro atoms. The fourth-order valence-electron chi connectivity index (χ4n) is 2.99. The van der Waals surface area contributed by atoms with Crippen molar-refractivity contribution in [2.24, 2.45) is 0 Å². The van der Waals surface area contributed by atoms with Crippen molar-refractivity contribution in [1.82, 2.24) is 5.32 Å². The second kappa shape index (κ2) is 13.0. The summed E-state index contributed by atoms with van der Waals surface area (Å²) in [7, 11) is 1.56. The zero-order valence-corrected chi connectivity index (χ0v) is 16.8. The number of hydrogen-bond acceptors (Lipinski definition) is 2. The molecule has 1 N–H and O–H groups in total. The maximum absolute atomic E-state index is 12.4. The third-order valence-corrected chi connectivity index (χ3v) is 4.76. The Morgan fingerprint density at radius 2 is 1.68 bits per heavy atom. The summed E-state index contributed by atoms with van der Waals surface area (Å²) in [5, 5.41) is 3.59. The quantitative estimate of drug-likeness (QED) is 0.410. The molecule has 0 heterocycles. The molecule has 4 heteroatoms. The summed E-state index contributed by atoms with van der Waals surface area (Å²) in [6.45, 7) is 4.31. The van der Waals surface area contributed by atoms with Gasteiger partial charge in [-0.3, -0.25) is 4.79 Å². The minimum absolute atomic E-state index is 0.122. The lowest BCUT2D eigenvalue weighted by Gasteiger charge is -2.15. The van der Waals surface area contributed by atoms with Crippen LogP contribution in [0, 0.1) is 0 Å². The van der Waals surface area contributed by atoms with Gasteiger partial charge in [0, 0.05) is 11.1 Å². The second-order valence-electron chi connectivity index (χ2n) is 6.84. The molecule has 0 saturated carbocycles. The van der Waals surface area contributed by atoms with Gasteiger partial charge in [0.15, 0.2) is 0 Å². The first kappa shape index (κ1) is 21.8. The van der Waals surface area contributed by atoms with Crippen molar-refractivity contribution in [2.75, 3.05) is 7.11 Å². The first-order chi connectivity index (χ1) is 12.1. The fourth-order valence-corrected chi connectivity index (χ4v) is 3.16. The van der Waals surface area contributed by atoms with E-state index >= 15 is 0 Å². The van der Waals surface area contributed by atoms with Crippen LogP contribution in [-0.4, -0.2) is 19.1 Å². The second-order valence-corrected chi connectivity index (χ2v) is 7.27. The summed E-state index contributed by atoms with van der Waals surface area (Å²) in [5.41, 5.74) is 0.494. The number of halogens is 1. The molecule has 1 rings (SSSR count). The number of amides is 1. The van der Waals surface area contributed by atoms with E-state index in [-0.39, 0.29) is 11.9 Å². The van der Waals surface area contributed by atoms with Crippen molar-refractivity contribution in [3.63, 3.8) is 0 Å². The molecule has 25 heavy (non-hydrogen) atoms. The van der Waals surface area contributed by atoms with Crippen molar-refractivity contribution in [3.05, 3.63) is 28.8 Å². The number of nitrogens with one attached hydrogen (secondary N) is 1. The zero-order valence-electron chi connectivity index (χ0n) is 16.1. The summed E-state index contributed by atoms with van der Waals surface area (Å²) in [5.74, 6) is 0.431. The minimum atomic E-state index is -0.122. The molecule has 0 aromatic heterocycles. The molecular weight excluding hydrogens is 334 g/mol. The van der Waals surface area contributed by atoms with Gasteiger partial charge in [-0.05, 0) is 31.5 Å². The van der Waals surface area contributed by atoms with Gasteiger partial charge in [-0.25, -0.2) is 0 Å². The average Bonchev–Trinajstić information content (AvgIpc) is 2.60. The highest BCUT2D eigenvalue weighted by Crippen LogP contribution is 2.22. The highest BCUT2D eigenvalue weighted by Gasteiger charge is 2.15. The highest BCUT2D eigenvalue weighted by atomic mass is 35.5. The van der Waals surface area contributed by atoms with Gasteiger partial charge < -0.3 is 10.1 Å². The number of carbonyl (C=O) groups excluding carboxylic acids is 1. The first-order valence-corrected chi connectivity index (χ1v) is 10.1. The molecule has 0 bridgehead atoms. The Bertz CT molecular complexity index is 505. The number of rotatable bonds is 13. The molecule has 0 saturated heterocycles. The van der Waals surface area contributed by atoms with Crippen LogP contribution in [0.15, 0.2) is 18.2 Å². The predicted octanol–water partition coefficient (Wildman–Crippen LogP) is 6.39. The van der Waals surface area contributed by atoms with Crippen LogP contribution >= 0.6 is 11.6 Å². The molecule has 1 aromatic carbocycles. The maximum atomic E-state index is 12.4. The summed E-state index contributed by atoms with van der Waals surface area (Å²) in [4.78, 5) is 12.4. The zero-order chi connectivity index (χ0) is 18.5. The number of methoxy groups -OCH3 is 1. The monoisotopic (exact) mass is 367 g/mol. The van der Waals surface area contributed by atoms with Crippen molar-refractivity contribution >= 4 is 17.5 Å². The maximum Gasteiger partial charge on any atom is 0.255 e. The Labute approximate surface area is 158 Å². The van der Waals surface area contributed by atoms with Crippen LogP contribution in [0.5, 0.6) is 5.75 Å². The molecule has 3 nitrogen and oxygen atoms in total. The smallest absolute Gasteiger partial charge is 0.255 e. The molecule has 1 aromatic rings. The Balaban J connectivity index is 2.21. The Morgan fingerprint density at radius 3 is 2.28 bits per heavy atom. The molecule has 0 aliphatic rings. The number of hydrogen-bond donors (Lipinski definition) is 1. The van der Waals surface area contributed by atoms with Gasteiger partial charge in [0.25, 0.3) is 5.91 Å². The molecule has 1 unspecified atom stereocenters. The molecule has 1 atom stereocenters. The summed E-state index contributed by atoms with van der Waals surface area (Å²) >= 11 is 5.99. The van der Waals surface area contributed by atoms with Gasteiger partial charge in [-0.15, -0.1) is 0 Å². The highest BCUT2D eigenvalue weighted by molar-refractivity contribution is 6.31. The minimum Gasteiger partial charge on any atom is -0.496 e. The van der Waals surface area contributed by atoms with Gasteiger partial charge in [0.2, 0.25) is 0 Å². The van der Waals surface area contributed by atoms with Crippen LogP contribution in [-0.2, 0) is 0 Å². The number of ether oxygens (including phenoxy) is 1. The molecule has 0 radical (unpaired) electrons. The standard InChI is InChI=1S/C21H34ClNO2/c1-4-5-6-7-8-9-10-11-12-13-17(2)23-21(24)19-16-18(22)14-15-20(19)25-3/h14-17H,4-13H2,1-3H3,(H,23,24). The Hall–Kier alpha value is -1.22. The van der Waals surface area contributed by atoms with E-state index in [2.05, 4.69) is 19.2 Å². The van der Waals surface area contributed by atoms with Gasteiger partial charge in [0.1, 0.15) is 5.75 Å². The normalized spacial score (nSPS) is 12.0. The lowest BCUT2D eigenvalue weighted by atomic mass is 10.0. The number of benzene rings is 1. The lowest BCUT2D eigenvalue weighted by molar-refractivity contribution is 0.0935. The molecule has 1 amide bonds. The molecule has 0 fully saturated rings. The van der Waals surface area contributed by atoms with Crippen LogP contribution < -0.4 is 10.1 Å². The summed E-state index contributed by atoms with van der Waals surface area (Å²) < 4.78 is 5.24. The van der Waals surface area contributed by atoms with Crippen LogP contribution in [0.1, 0.15) is 88.4 Å². The van der Waals surface area contributed by atoms with E-state index in [1.54, 1.807) is 25.3 Å². The van der Waals surface area contributed by atoms with Crippen molar-refractivity contribution in [1.29, 1.82) is 0 Å². The van der Waals surface area contributed by atoms with Crippen LogP contribution in [0.2, 0.25) is 5.02 Å². The predicted molar refractivity (Wildman–Crippen MR) is 107 cm³/mol. The van der Waals surface area contributed by atoms with E-state index in [9.17, 15) is 4.79 Å². The SMILES string of the molecule is CCCCCCCCCCCC(C)NC(=O)c1cc(Cl)ccc1OC. The van der Waals surface area contributed by atoms with E-state index in [4.69, 9.17) is 16.3 Å². The van der Waals surface area contributed by atoms with Crippen LogP contribution in [0.4, 0.5) is 0 Å². The third-order valence-electron chi connectivity index (χ3n) is 4.52. The van der Waals surface area contributed by atoms with Crippen LogP contribution in [0.3, 0.4) is 0 Å². The van der Waals surface area contributed by atoms with E-state index in [1.165, 1.54) is 51.4 Å².